The highest BCUT2D eigenvalue weighted by molar-refractivity contribution is 5.79. The molecule has 28 heavy (non-hydrogen) atoms. The normalized spacial score (nSPS) is 17.7. The molecule has 1 saturated heterocycles. The second-order valence-electron chi connectivity index (χ2n) is 6.84. The molecule has 8 heteroatoms. The van der Waals surface area contributed by atoms with Gasteiger partial charge in [-0.05, 0) is 43.5 Å². The summed E-state index contributed by atoms with van der Waals surface area (Å²) in [5, 5.41) is 15.2. The highest BCUT2D eigenvalue weighted by atomic mass is 16.5. The largest absolute Gasteiger partial charge is 0.469 e. The molecular weight excluding hydrogens is 356 g/mol. The standard InChI is InChI=1S/C20H26N6O2/c1-3-11-26-18(8-1)24-25-19(26)15-23-20(21-10-9-16-7-5-13-27-16)22-14-17-6-2-4-12-28-17/h1,3,5,7-8,11,13,17H,2,4,6,9-10,12,14-15H2,(H2,21,22,23). The van der Waals surface area contributed by atoms with Crippen LogP contribution in [0.4, 0.5) is 0 Å². The van der Waals surface area contributed by atoms with Crippen molar-refractivity contribution in [1.29, 1.82) is 0 Å². The van der Waals surface area contributed by atoms with Gasteiger partial charge in [0, 0.05) is 32.3 Å². The van der Waals surface area contributed by atoms with E-state index in [0.717, 1.165) is 62.2 Å². The zero-order valence-electron chi connectivity index (χ0n) is 15.9. The Labute approximate surface area is 164 Å². The minimum Gasteiger partial charge on any atom is -0.469 e. The topological polar surface area (TPSA) is 89.0 Å². The van der Waals surface area contributed by atoms with Gasteiger partial charge in [0.25, 0.3) is 0 Å². The second-order valence-corrected chi connectivity index (χ2v) is 6.84. The Morgan fingerprint density at radius 3 is 3.04 bits per heavy atom. The molecule has 8 nitrogen and oxygen atoms in total. The Morgan fingerprint density at radius 1 is 1.18 bits per heavy atom. The van der Waals surface area contributed by atoms with Gasteiger partial charge in [-0.3, -0.25) is 4.40 Å². The number of aromatic nitrogens is 3. The zero-order valence-corrected chi connectivity index (χ0v) is 15.9. The summed E-state index contributed by atoms with van der Waals surface area (Å²) in [4.78, 5) is 4.70. The third kappa shape index (κ3) is 4.89. The third-order valence-corrected chi connectivity index (χ3v) is 4.78. The maximum absolute atomic E-state index is 5.81. The number of guanidine groups is 1. The molecule has 0 radical (unpaired) electrons. The van der Waals surface area contributed by atoms with E-state index in [1.807, 2.05) is 40.9 Å². The molecule has 2 N–H and O–H groups in total. The van der Waals surface area contributed by atoms with E-state index in [1.54, 1.807) is 6.26 Å². The third-order valence-electron chi connectivity index (χ3n) is 4.78. The highest BCUT2D eigenvalue weighted by Crippen LogP contribution is 2.11. The van der Waals surface area contributed by atoms with Crippen molar-refractivity contribution in [1.82, 2.24) is 25.2 Å². The number of nitrogens with zero attached hydrogens (tertiary/aromatic N) is 4. The van der Waals surface area contributed by atoms with Crippen molar-refractivity contribution < 1.29 is 9.15 Å². The molecule has 0 bridgehead atoms. The number of hydrogen-bond donors (Lipinski definition) is 2. The van der Waals surface area contributed by atoms with E-state index in [1.165, 1.54) is 6.42 Å². The SMILES string of the molecule is c1coc(CCNC(=NCc2nnc3ccccn23)NCC2CCCCO2)c1. The Hall–Kier alpha value is -2.87. The highest BCUT2D eigenvalue weighted by Gasteiger charge is 2.14. The lowest BCUT2D eigenvalue weighted by atomic mass is 10.1. The molecule has 3 aromatic rings. The monoisotopic (exact) mass is 382 g/mol. The fraction of sp³-hybridized carbons (Fsp3) is 0.450. The molecule has 0 spiro atoms. The first-order chi connectivity index (χ1) is 13.9. The molecule has 1 aliphatic heterocycles. The van der Waals surface area contributed by atoms with Gasteiger partial charge in [-0.25, -0.2) is 4.99 Å². The van der Waals surface area contributed by atoms with Crippen LogP contribution in [0.3, 0.4) is 0 Å². The second kappa shape index (κ2) is 9.36. The van der Waals surface area contributed by atoms with Crippen molar-refractivity contribution >= 4 is 11.6 Å². The maximum Gasteiger partial charge on any atom is 0.191 e. The summed E-state index contributed by atoms with van der Waals surface area (Å²) in [6.45, 7) is 2.75. The van der Waals surface area contributed by atoms with Crippen molar-refractivity contribution in [2.45, 2.75) is 38.3 Å². The summed E-state index contributed by atoms with van der Waals surface area (Å²) in [5.74, 6) is 2.50. The fourth-order valence-electron chi connectivity index (χ4n) is 3.26. The maximum atomic E-state index is 5.81. The summed E-state index contributed by atoms with van der Waals surface area (Å²) in [6, 6.07) is 9.72. The average molecular weight is 382 g/mol. The lowest BCUT2D eigenvalue weighted by Crippen LogP contribution is -2.43. The van der Waals surface area contributed by atoms with Gasteiger partial charge in [0.15, 0.2) is 17.4 Å². The number of fused-ring (bicyclic) bond motifs is 1. The van der Waals surface area contributed by atoms with Gasteiger partial charge in [-0.1, -0.05) is 6.07 Å². The van der Waals surface area contributed by atoms with Gasteiger partial charge in [0.1, 0.15) is 12.3 Å². The Bertz CT molecular complexity index is 883. The Morgan fingerprint density at radius 2 is 2.18 bits per heavy atom. The minimum absolute atomic E-state index is 0.236. The zero-order chi connectivity index (χ0) is 19.0. The molecule has 0 saturated carbocycles. The first-order valence-electron chi connectivity index (χ1n) is 9.83. The van der Waals surface area contributed by atoms with Gasteiger partial charge in [-0.2, -0.15) is 0 Å². The first-order valence-corrected chi connectivity index (χ1v) is 9.83. The summed E-state index contributed by atoms with van der Waals surface area (Å²) >= 11 is 0. The van der Waals surface area contributed by atoms with Crippen molar-refractivity contribution in [3.8, 4) is 0 Å². The van der Waals surface area contributed by atoms with Gasteiger partial charge < -0.3 is 19.8 Å². The summed E-state index contributed by atoms with van der Waals surface area (Å²) in [6.07, 6.45) is 8.13. The molecule has 1 fully saturated rings. The van der Waals surface area contributed by atoms with Crippen molar-refractivity contribution in [3.63, 3.8) is 0 Å². The molecule has 0 amide bonds. The van der Waals surface area contributed by atoms with E-state index in [0.29, 0.717) is 6.54 Å². The van der Waals surface area contributed by atoms with E-state index in [9.17, 15) is 0 Å². The summed E-state index contributed by atoms with van der Waals surface area (Å²) in [7, 11) is 0. The van der Waals surface area contributed by atoms with Gasteiger partial charge in [-0.15, -0.1) is 10.2 Å². The number of rotatable bonds is 7. The summed E-state index contributed by atoms with van der Waals surface area (Å²) in [5.41, 5.74) is 0.823. The molecule has 148 valence electrons. The molecular formula is C20H26N6O2. The smallest absolute Gasteiger partial charge is 0.191 e. The van der Waals surface area contributed by atoms with Crippen LogP contribution in [-0.2, 0) is 17.7 Å². The van der Waals surface area contributed by atoms with E-state index in [4.69, 9.17) is 14.1 Å². The van der Waals surface area contributed by atoms with Crippen LogP contribution in [0.15, 0.2) is 52.2 Å². The van der Waals surface area contributed by atoms with E-state index in [2.05, 4.69) is 20.8 Å². The number of aliphatic imine (C=N–C) groups is 1. The van der Waals surface area contributed by atoms with Crippen LogP contribution < -0.4 is 10.6 Å². The van der Waals surface area contributed by atoms with E-state index < -0.39 is 0 Å². The van der Waals surface area contributed by atoms with E-state index in [-0.39, 0.29) is 6.10 Å². The Kier molecular flexibility index (Phi) is 6.18. The number of hydrogen-bond acceptors (Lipinski definition) is 5. The average Bonchev–Trinajstić information content (AvgIpc) is 3.40. The van der Waals surface area contributed by atoms with Crippen molar-refractivity contribution in [2.75, 3.05) is 19.7 Å². The minimum atomic E-state index is 0.236. The van der Waals surface area contributed by atoms with Crippen molar-refractivity contribution in [3.05, 3.63) is 54.4 Å². The van der Waals surface area contributed by atoms with Gasteiger partial charge in [0.2, 0.25) is 0 Å². The fourth-order valence-corrected chi connectivity index (χ4v) is 3.26. The molecule has 0 aromatic carbocycles. The van der Waals surface area contributed by atoms with Gasteiger partial charge in [0.05, 0.1) is 12.4 Å². The predicted molar refractivity (Wildman–Crippen MR) is 106 cm³/mol. The van der Waals surface area contributed by atoms with E-state index >= 15 is 0 Å². The van der Waals surface area contributed by atoms with Crippen LogP contribution in [0, 0.1) is 0 Å². The number of pyridine rings is 1. The number of ether oxygens (including phenoxy) is 1. The predicted octanol–water partition coefficient (Wildman–Crippen LogP) is 2.17. The van der Waals surface area contributed by atoms with Crippen LogP contribution in [0.25, 0.3) is 5.65 Å². The van der Waals surface area contributed by atoms with Crippen LogP contribution in [-0.4, -0.2) is 46.4 Å². The molecule has 1 atom stereocenters. The number of nitrogens with one attached hydrogen (secondary N) is 2. The molecule has 1 unspecified atom stereocenters. The summed E-state index contributed by atoms with van der Waals surface area (Å²) < 4.78 is 13.2. The quantitative estimate of drug-likeness (QED) is 0.481. The molecule has 4 heterocycles. The van der Waals surface area contributed by atoms with Crippen LogP contribution in [0.5, 0.6) is 0 Å². The first kappa shape index (κ1) is 18.5. The molecule has 0 aliphatic carbocycles. The molecule has 1 aliphatic rings. The molecule has 4 rings (SSSR count). The van der Waals surface area contributed by atoms with Crippen LogP contribution >= 0.6 is 0 Å². The van der Waals surface area contributed by atoms with Crippen LogP contribution in [0.2, 0.25) is 0 Å². The van der Waals surface area contributed by atoms with Crippen molar-refractivity contribution in [2.24, 2.45) is 4.99 Å². The lowest BCUT2D eigenvalue weighted by molar-refractivity contribution is 0.0194. The number of furan rings is 1. The van der Waals surface area contributed by atoms with Gasteiger partial charge >= 0.3 is 0 Å². The lowest BCUT2D eigenvalue weighted by Gasteiger charge is -2.23. The Balaban J connectivity index is 1.38. The molecule has 3 aromatic heterocycles. The van der Waals surface area contributed by atoms with Crippen LogP contribution in [0.1, 0.15) is 30.8 Å².